The van der Waals surface area contributed by atoms with E-state index in [0.29, 0.717) is 23.9 Å². The van der Waals surface area contributed by atoms with E-state index in [-0.39, 0.29) is 6.54 Å². The van der Waals surface area contributed by atoms with E-state index in [1.807, 2.05) is 0 Å². The Morgan fingerprint density at radius 2 is 2.18 bits per heavy atom. The van der Waals surface area contributed by atoms with Crippen molar-refractivity contribution in [3.05, 3.63) is 23.5 Å². The summed E-state index contributed by atoms with van der Waals surface area (Å²) in [5, 5.41) is 0.351. The van der Waals surface area contributed by atoms with Crippen molar-refractivity contribution in [2.75, 3.05) is 13.1 Å². The average molecular weight is 331 g/mol. The summed E-state index contributed by atoms with van der Waals surface area (Å²) in [5.74, 6) is 0.461. The van der Waals surface area contributed by atoms with Crippen molar-refractivity contribution >= 4 is 17.7 Å². The molecule has 0 radical (unpaired) electrons. The normalized spacial score (nSPS) is 22.3. The van der Waals surface area contributed by atoms with E-state index in [1.54, 1.807) is 32.9 Å². The second kappa shape index (κ2) is 6.69. The summed E-state index contributed by atoms with van der Waals surface area (Å²) < 4.78 is 25.1. The number of pyridine rings is 1. The van der Waals surface area contributed by atoms with E-state index in [4.69, 9.17) is 21.1 Å². The molecule has 2 rings (SSSR count). The number of alkyl halides is 1. The Bertz CT molecular complexity index is 519. The van der Waals surface area contributed by atoms with Gasteiger partial charge >= 0.3 is 6.09 Å². The molecule has 1 saturated heterocycles. The van der Waals surface area contributed by atoms with Crippen molar-refractivity contribution in [1.82, 2.24) is 9.88 Å². The van der Waals surface area contributed by atoms with Crippen LogP contribution >= 0.6 is 11.6 Å². The first-order chi connectivity index (χ1) is 10.2. The molecular weight excluding hydrogens is 311 g/mol. The minimum absolute atomic E-state index is 0.0411. The predicted molar refractivity (Wildman–Crippen MR) is 81.0 cm³/mol. The van der Waals surface area contributed by atoms with Crippen molar-refractivity contribution in [1.29, 1.82) is 0 Å². The second-order valence-corrected chi connectivity index (χ2v) is 6.59. The third-order valence-electron chi connectivity index (χ3n) is 3.12. The number of hydrogen-bond acceptors (Lipinski definition) is 4. The van der Waals surface area contributed by atoms with Crippen molar-refractivity contribution in [2.45, 2.75) is 45.1 Å². The largest absolute Gasteiger partial charge is 0.486 e. The van der Waals surface area contributed by atoms with Gasteiger partial charge in [-0.2, -0.15) is 0 Å². The van der Waals surface area contributed by atoms with Crippen molar-refractivity contribution in [3.8, 4) is 5.75 Å². The molecule has 1 fully saturated rings. The van der Waals surface area contributed by atoms with Crippen LogP contribution in [0.5, 0.6) is 5.75 Å². The molecule has 22 heavy (non-hydrogen) atoms. The molecule has 0 saturated carbocycles. The smallest absolute Gasteiger partial charge is 0.410 e. The van der Waals surface area contributed by atoms with Crippen LogP contribution in [-0.2, 0) is 4.74 Å². The number of likely N-dealkylation sites (tertiary alicyclic amines) is 1. The zero-order chi connectivity index (χ0) is 16.3. The fourth-order valence-corrected chi connectivity index (χ4v) is 2.23. The van der Waals surface area contributed by atoms with E-state index < -0.39 is 24.0 Å². The molecule has 1 aliphatic rings. The van der Waals surface area contributed by atoms with Crippen LogP contribution in [0.1, 0.15) is 27.2 Å². The Hall–Kier alpha value is -1.56. The van der Waals surface area contributed by atoms with Gasteiger partial charge in [-0.3, -0.25) is 0 Å². The molecule has 0 bridgehead atoms. The summed E-state index contributed by atoms with van der Waals surface area (Å²) in [6.07, 6.45) is -0.543. The number of piperidine rings is 1. The highest BCUT2D eigenvalue weighted by atomic mass is 35.5. The number of aromatic nitrogens is 1. The minimum Gasteiger partial charge on any atom is -0.486 e. The van der Waals surface area contributed by atoms with Crippen LogP contribution in [0.3, 0.4) is 0 Å². The van der Waals surface area contributed by atoms with Crippen LogP contribution in [0.4, 0.5) is 9.18 Å². The summed E-state index contributed by atoms with van der Waals surface area (Å²) in [6.45, 7) is 5.69. The zero-order valence-electron chi connectivity index (χ0n) is 12.9. The van der Waals surface area contributed by atoms with Gasteiger partial charge in [0.15, 0.2) is 6.17 Å². The Morgan fingerprint density at radius 3 is 2.73 bits per heavy atom. The quantitative estimate of drug-likeness (QED) is 0.779. The van der Waals surface area contributed by atoms with Crippen LogP contribution in [0.15, 0.2) is 18.3 Å². The number of amides is 1. The first kappa shape index (κ1) is 16.8. The maximum Gasteiger partial charge on any atom is 0.410 e. The number of ether oxygens (including phenoxy) is 2. The molecule has 5 nitrogen and oxygen atoms in total. The van der Waals surface area contributed by atoms with Gasteiger partial charge in [-0.1, -0.05) is 11.6 Å². The Kier molecular flexibility index (Phi) is 5.11. The van der Waals surface area contributed by atoms with Crippen molar-refractivity contribution < 1.29 is 18.7 Å². The Labute approximate surface area is 134 Å². The van der Waals surface area contributed by atoms with Gasteiger partial charge < -0.3 is 14.4 Å². The minimum atomic E-state index is -1.28. The maximum absolute atomic E-state index is 14.2. The Balaban J connectivity index is 1.90. The summed E-state index contributed by atoms with van der Waals surface area (Å²) >= 11 is 5.69. The molecule has 2 heterocycles. The molecule has 1 aliphatic heterocycles. The van der Waals surface area contributed by atoms with Gasteiger partial charge in [0.2, 0.25) is 0 Å². The maximum atomic E-state index is 14.2. The first-order valence-corrected chi connectivity index (χ1v) is 7.52. The average Bonchev–Trinajstić information content (AvgIpc) is 2.41. The molecule has 2 atom stereocenters. The number of hydrogen-bond donors (Lipinski definition) is 0. The van der Waals surface area contributed by atoms with Gasteiger partial charge in [-0.05, 0) is 32.9 Å². The van der Waals surface area contributed by atoms with Crippen LogP contribution in [-0.4, -0.2) is 46.9 Å². The molecule has 0 aliphatic carbocycles. The van der Waals surface area contributed by atoms with Crippen LogP contribution in [0.25, 0.3) is 0 Å². The summed E-state index contributed by atoms with van der Waals surface area (Å²) in [4.78, 5) is 17.2. The van der Waals surface area contributed by atoms with E-state index in [0.717, 1.165) is 0 Å². The van der Waals surface area contributed by atoms with Crippen molar-refractivity contribution in [2.24, 2.45) is 0 Å². The fourth-order valence-electron chi connectivity index (χ4n) is 2.12. The highest BCUT2D eigenvalue weighted by Gasteiger charge is 2.34. The number of carbonyl (C=O) groups excluding carboxylic acids is 1. The van der Waals surface area contributed by atoms with Gasteiger partial charge in [-0.15, -0.1) is 0 Å². The molecule has 122 valence electrons. The molecule has 0 aromatic carbocycles. The number of rotatable bonds is 2. The van der Waals surface area contributed by atoms with E-state index in [2.05, 4.69) is 4.98 Å². The molecule has 1 aromatic rings. The standard InChI is InChI=1S/C15H20ClFN2O3/c1-15(2,3)22-14(20)19-7-6-12(11(17)9-19)21-10-4-5-13(16)18-8-10/h4-5,8,11-12H,6-7,9H2,1-3H3/t11-,12-/m1/s1. The van der Waals surface area contributed by atoms with Crippen molar-refractivity contribution in [3.63, 3.8) is 0 Å². The lowest BCUT2D eigenvalue weighted by Crippen LogP contribution is -2.50. The molecular formula is C15H20ClFN2O3. The fraction of sp³-hybridized carbons (Fsp3) is 0.600. The molecule has 0 spiro atoms. The molecule has 0 unspecified atom stereocenters. The lowest BCUT2D eigenvalue weighted by molar-refractivity contribution is -0.0106. The van der Waals surface area contributed by atoms with Crippen LogP contribution in [0.2, 0.25) is 5.15 Å². The van der Waals surface area contributed by atoms with Crippen LogP contribution < -0.4 is 4.74 Å². The summed E-state index contributed by atoms with van der Waals surface area (Å²) in [7, 11) is 0. The highest BCUT2D eigenvalue weighted by Crippen LogP contribution is 2.23. The number of halogens is 2. The summed E-state index contributed by atoms with van der Waals surface area (Å²) in [6, 6.07) is 3.22. The van der Waals surface area contributed by atoms with Gasteiger partial charge in [0.05, 0.1) is 12.7 Å². The van der Waals surface area contributed by atoms with Gasteiger partial charge in [0.1, 0.15) is 22.6 Å². The lowest BCUT2D eigenvalue weighted by atomic mass is 10.1. The Morgan fingerprint density at radius 1 is 1.45 bits per heavy atom. The number of nitrogens with zero attached hydrogens (tertiary/aromatic N) is 2. The first-order valence-electron chi connectivity index (χ1n) is 7.15. The molecule has 7 heteroatoms. The summed E-state index contributed by atoms with van der Waals surface area (Å²) in [5.41, 5.74) is -0.592. The molecule has 1 aromatic heterocycles. The van der Waals surface area contributed by atoms with Gasteiger partial charge in [-0.25, -0.2) is 14.2 Å². The predicted octanol–water partition coefficient (Wildman–Crippen LogP) is 3.46. The zero-order valence-corrected chi connectivity index (χ0v) is 13.6. The van der Waals surface area contributed by atoms with E-state index in [9.17, 15) is 9.18 Å². The third-order valence-corrected chi connectivity index (χ3v) is 3.34. The lowest BCUT2D eigenvalue weighted by Gasteiger charge is -2.35. The highest BCUT2D eigenvalue weighted by molar-refractivity contribution is 6.29. The van der Waals surface area contributed by atoms with Crippen LogP contribution in [0, 0.1) is 0 Å². The van der Waals surface area contributed by atoms with E-state index >= 15 is 0 Å². The monoisotopic (exact) mass is 330 g/mol. The molecule has 0 N–H and O–H groups in total. The third kappa shape index (κ3) is 4.73. The topological polar surface area (TPSA) is 51.7 Å². The number of carbonyl (C=O) groups is 1. The SMILES string of the molecule is CC(C)(C)OC(=O)N1CC[C@@H](Oc2ccc(Cl)nc2)[C@H](F)C1. The second-order valence-electron chi connectivity index (χ2n) is 6.20. The van der Waals surface area contributed by atoms with Gasteiger partial charge in [0.25, 0.3) is 0 Å². The molecule has 1 amide bonds. The van der Waals surface area contributed by atoms with E-state index in [1.165, 1.54) is 11.1 Å². The van der Waals surface area contributed by atoms with Gasteiger partial charge in [0, 0.05) is 13.0 Å².